The number of carbonyl (C=O) groups is 1. The molecule has 104 valence electrons. The lowest BCUT2D eigenvalue weighted by molar-refractivity contribution is 0.0689. The number of amides is 1. The first-order chi connectivity index (χ1) is 10.2. The average molecular weight is 297 g/mol. The Hall–Kier alpha value is -2.77. The van der Waals surface area contributed by atoms with Gasteiger partial charge >= 0.3 is 0 Å². The lowest BCUT2D eigenvalue weighted by Gasteiger charge is -2.23. The molecule has 1 N–H and O–H groups in total. The number of nitriles is 2. The molecular formula is C14H11N5OS. The molecule has 0 spiro atoms. The quantitative estimate of drug-likeness (QED) is 0.857. The molecule has 1 fully saturated rings. The highest BCUT2D eigenvalue weighted by Crippen LogP contribution is 2.34. The third-order valence-corrected chi connectivity index (χ3v) is 3.73. The number of hydrazine groups is 1. The number of rotatable bonds is 3. The van der Waals surface area contributed by atoms with Crippen LogP contribution in [0.5, 0.6) is 0 Å². The van der Waals surface area contributed by atoms with Crippen molar-refractivity contribution in [2.24, 2.45) is 4.99 Å². The highest BCUT2D eigenvalue weighted by molar-refractivity contribution is 8.15. The Bertz CT molecular complexity index is 657. The molecule has 1 aliphatic heterocycles. The maximum atomic E-state index is 12.5. The Balaban J connectivity index is 2.37. The minimum atomic E-state index is -1.67. The molecule has 2 rings (SSSR count). The van der Waals surface area contributed by atoms with Crippen molar-refractivity contribution in [1.29, 1.82) is 10.5 Å². The number of benzene rings is 1. The van der Waals surface area contributed by atoms with Crippen molar-refractivity contribution in [1.82, 2.24) is 10.4 Å². The van der Waals surface area contributed by atoms with Gasteiger partial charge < -0.3 is 0 Å². The summed E-state index contributed by atoms with van der Waals surface area (Å²) in [6.45, 7) is 3.87. The summed E-state index contributed by atoms with van der Waals surface area (Å²) in [6, 6.07) is 12.2. The predicted molar refractivity (Wildman–Crippen MR) is 79.8 cm³/mol. The SMILES string of the molecule is C=CCN=C1NN(C(=O)c2ccccc2)C(C#N)(C#N)S1. The highest BCUT2D eigenvalue weighted by Gasteiger charge is 2.49. The number of carbonyl (C=O) groups excluding carboxylic acids is 1. The Morgan fingerprint density at radius 3 is 2.67 bits per heavy atom. The molecule has 1 aromatic carbocycles. The Morgan fingerprint density at radius 1 is 1.43 bits per heavy atom. The second kappa shape index (κ2) is 6.12. The van der Waals surface area contributed by atoms with E-state index in [0.717, 1.165) is 16.8 Å². The molecule has 1 aromatic rings. The van der Waals surface area contributed by atoms with Gasteiger partial charge in [0, 0.05) is 5.56 Å². The molecule has 7 heteroatoms. The Morgan fingerprint density at radius 2 is 2.10 bits per heavy atom. The van der Waals surface area contributed by atoms with Crippen molar-refractivity contribution in [3.8, 4) is 12.1 Å². The third kappa shape index (κ3) is 2.73. The van der Waals surface area contributed by atoms with Crippen LogP contribution in [0.3, 0.4) is 0 Å². The summed E-state index contributed by atoms with van der Waals surface area (Å²) in [5.74, 6) is -0.463. The van der Waals surface area contributed by atoms with E-state index in [1.54, 1.807) is 36.4 Å². The molecule has 0 radical (unpaired) electrons. The maximum absolute atomic E-state index is 12.5. The van der Waals surface area contributed by atoms with Crippen LogP contribution in [0.15, 0.2) is 48.0 Å². The fourth-order valence-electron chi connectivity index (χ4n) is 1.67. The lowest BCUT2D eigenvalue weighted by Crippen LogP contribution is -2.49. The molecule has 1 saturated heterocycles. The predicted octanol–water partition coefficient (Wildman–Crippen LogP) is 1.67. The van der Waals surface area contributed by atoms with Gasteiger partial charge in [-0.2, -0.15) is 10.5 Å². The fraction of sp³-hybridized carbons (Fsp3) is 0.143. The monoisotopic (exact) mass is 297 g/mol. The van der Waals surface area contributed by atoms with Crippen molar-refractivity contribution >= 4 is 22.8 Å². The van der Waals surface area contributed by atoms with Crippen LogP contribution >= 0.6 is 11.8 Å². The van der Waals surface area contributed by atoms with Crippen LogP contribution in [-0.4, -0.2) is 27.5 Å². The van der Waals surface area contributed by atoms with Crippen LogP contribution in [-0.2, 0) is 0 Å². The molecule has 0 bridgehead atoms. The van der Waals surface area contributed by atoms with Crippen molar-refractivity contribution in [3.05, 3.63) is 48.6 Å². The summed E-state index contributed by atoms with van der Waals surface area (Å²) in [5.41, 5.74) is 3.10. The first kappa shape index (κ1) is 14.6. The molecule has 0 aromatic heterocycles. The average Bonchev–Trinajstić information content (AvgIpc) is 2.92. The van der Waals surface area contributed by atoms with Gasteiger partial charge in [-0.25, -0.2) is 5.01 Å². The minimum Gasteiger partial charge on any atom is -0.270 e. The largest absolute Gasteiger partial charge is 0.288 e. The zero-order valence-electron chi connectivity index (χ0n) is 11.0. The molecule has 0 saturated carbocycles. The standard InChI is InChI=1S/C14H11N5OS/c1-2-8-17-13-18-19(14(9-15,10-16)21-13)12(20)11-6-4-3-5-7-11/h2-7H,1,8H2,(H,17,18). The van der Waals surface area contributed by atoms with E-state index in [1.807, 2.05) is 12.1 Å². The lowest BCUT2D eigenvalue weighted by atomic mass is 10.2. The minimum absolute atomic E-state index is 0.329. The summed E-state index contributed by atoms with van der Waals surface area (Å²) in [4.78, 5) is 14.9. The number of nitrogens with one attached hydrogen (secondary N) is 1. The first-order valence-corrected chi connectivity index (χ1v) is 6.81. The van der Waals surface area contributed by atoms with Crippen molar-refractivity contribution in [2.45, 2.75) is 4.87 Å². The van der Waals surface area contributed by atoms with Gasteiger partial charge in [-0.15, -0.1) is 6.58 Å². The summed E-state index contributed by atoms with van der Waals surface area (Å²) in [5, 5.41) is 20.0. The molecule has 0 atom stereocenters. The zero-order valence-corrected chi connectivity index (χ0v) is 11.8. The zero-order chi connectivity index (χ0) is 15.3. The molecule has 21 heavy (non-hydrogen) atoms. The summed E-state index contributed by atoms with van der Waals surface area (Å²) >= 11 is 0.903. The van der Waals surface area contributed by atoms with Crippen molar-refractivity contribution in [2.75, 3.05) is 6.54 Å². The highest BCUT2D eigenvalue weighted by atomic mass is 32.2. The normalized spacial score (nSPS) is 17.6. The smallest absolute Gasteiger partial charge is 0.270 e. The maximum Gasteiger partial charge on any atom is 0.288 e. The van der Waals surface area contributed by atoms with Crippen molar-refractivity contribution in [3.63, 3.8) is 0 Å². The van der Waals surface area contributed by atoms with Crippen LogP contribution in [0.4, 0.5) is 0 Å². The number of hydrogen-bond donors (Lipinski definition) is 1. The van der Waals surface area contributed by atoms with Crippen LogP contribution in [0.1, 0.15) is 10.4 Å². The second-order valence-corrected chi connectivity index (χ2v) is 5.20. The number of amidine groups is 1. The van der Waals surface area contributed by atoms with Gasteiger partial charge in [0.1, 0.15) is 12.1 Å². The van der Waals surface area contributed by atoms with Crippen LogP contribution in [0.2, 0.25) is 0 Å². The van der Waals surface area contributed by atoms with Gasteiger partial charge in [-0.1, -0.05) is 24.3 Å². The number of aliphatic imine (C=N–C) groups is 1. The van der Waals surface area contributed by atoms with Crippen molar-refractivity contribution < 1.29 is 4.79 Å². The van der Waals surface area contributed by atoms with E-state index >= 15 is 0 Å². The van der Waals surface area contributed by atoms with E-state index in [9.17, 15) is 15.3 Å². The number of thioether (sulfide) groups is 1. The van der Waals surface area contributed by atoms with E-state index in [-0.39, 0.29) is 0 Å². The molecule has 1 amide bonds. The third-order valence-electron chi connectivity index (χ3n) is 2.66. The number of hydrogen-bond acceptors (Lipinski definition) is 5. The van der Waals surface area contributed by atoms with E-state index in [1.165, 1.54) is 0 Å². The van der Waals surface area contributed by atoms with Gasteiger partial charge in [-0.05, 0) is 23.9 Å². The summed E-state index contributed by atoms with van der Waals surface area (Å²) in [7, 11) is 0. The van der Waals surface area contributed by atoms with E-state index < -0.39 is 10.8 Å². The van der Waals surface area contributed by atoms with Gasteiger partial charge in [0.25, 0.3) is 10.8 Å². The molecule has 6 nitrogen and oxygen atoms in total. The Kier molecular flexibility index (Phi) is 4.27. The van der Waals surface area contributed by atoms with E-state index in [2.05, 4.69) is 17.0 Å². The van der Waals surface area contributed by atoms with Gasteiger partial charge in [-0.3, -0.25) is 15.2 Å². The van der Waals surface area contributed by atoms with Crippen LogP contribution in [0, 0.1) is 22.7 Å². The fourth-order valence-corrected chi connectivity index (χ4v) is 2.54. The topological polar surface area (TPSA) is 92.3 Å². The molecule has 1 heterocycles. The van der Waals surface area contributed by atoms with Crippen LogP contribution in [0.25, 0.3) is 0 Å². The van der Waals surface area contributed by atoms with Gasteiger partial charge in [0.15, 0.2) is 5.17 Å². The molecular weight excluding hydrogens is 286 g/mol. The number of nitrogens with zero attached hydrogens (tertiary/aromatic N) is 4. The summed E-state index contributed by atoms with van der Waals surface area (Å²) in [6.07, 6.45) is 1.58. The van der Waals surface area contributed by atoms with E-state index in [4.69, 9.17) is 0 Å². The summed E-state index contributed by atoms with van der Waals surface area (Å²) < 4.78 is 0. The van der Waals surface area contributed by atoms with Gasteiger partial charge in [0.05, 0.1) is 6.54 Å². The van der Waals surface area contributed by atoms with Crippen LogP contribution < -0.4 is 5.43 Å². The van der Waals surface area contributed by atoms with Gasteiger partial charge in [0.2, 0.25) is 0 Å². The Labute approximate surface area is 126 Å². The van der Waals surface area contributed by atoms with E-state index in [0.29, 0.717) is 17.3 Å². The second-order valence-electron chi connectivity index (χ2n) is 4.02. The molecule has 0 aliphatic carbocycles. The molecule has 0 unspecified atom stereocenters. The first-order valence-electron chi connectivity index (χ1n) is 6.00. The molecule has 1 aliphatic rings.